The Morgan fingerprint density at radius 3 is 2.41 bits per heavy atom. The number of hydrogen-bond acceptors (Lipinski definition) is 5. The SMILES string of the molecule is O=C(COc1cc2c(cc1-c1ccccc1)OCO2)N1CCC(CCc2ccc(O)cc2)CC1. The maximum Gasteiger partial charge on any atom is 0.260 e. The van der Waals surface area contributed by atoms with Crippen molar-refractivity contribution >= 4 is 5.91 Å². The molecule has 0 spiro atoms. The molecule has 0 atom stereocenters. The lowest BCUT2D eigenvalue weighted by atomic mass is 9.90. The van der Waals surface area contributed by atoms with Crippen molar-refractivity contribution in [1.82, 2.24) is 4.90 Å². The Labute approximate surface area is 199 Å². The number of likely N-dealkylation sites (tertiary alicyclic amines) is 1. The summed E-state index contributed by atoms with van der Waals surface area (Å²) in [4.78, 5) is 14.8. The highest BCUT2D eigenvalue weighted by Crippen LogP contribution is 2.42. The average molecular weight is 460 g/mol. The standard InChI is InChI=1S/C28H29NO5/c30-23-10-8-20(9-11-23)6-7-21-12-14-29(15-13-21)28(31)18-32-25-17-27-26(33-19-34-27)16-24(25)22-4-2-1-3-5-22/h1-5,8-11,16-17,21,30H,6-7,12-15,18-19H2. The maximum atomic E-state index is 12.9. The third-order valence-corrected chi connectivity index (χ3v) is 6.66. The number of phenolic OH excluding ortho intramolecular Hbond substituents is 1. The first-order valence-electron chi connectivity index (χ1n) is 11.8. The predicted molar refractivity (Wildman–Crippen MR) is 129 cm³/mol. The van der Waals surface area contributed by atoms with E-state index in [-0.39, 0.29) is 19.3 Å². The molecule has 3 aromatic carbocycles. The van der Waals surface area contributed by atoms with Gasteiger partial charge in [-0.15, -0.1) is 0 Å². The van der Waals surface area contributed by atoms with Gasteiger partial charge in [0.2, 0.25) is 6.79 Å². The van der Waals surface area contributed by atoms with Gasteiger partial charge in [-0.3, -0.25) is 4.79 Å². The number of carbonyl (C=O) groups is 1. The molecule has 6 nitrogen and oxygen atoms in total. The minimum Gasteiger partial charge on any atom is -0.508 e. The van der Waals surface area contributed by atoms with Crippen molar-refractivity contribution in [2.45, 2.75) is 25.7 Å². The molecule has 2 aliphatic heterocycles. The normalized spacial score (nSPS) is 15.4. The first-order chi connectivity index (χ1) is 16.7. The molecule has 5 rings (SSSR count). The van der Waals surface area contributed by atoms with Crippen LogP contribution in [0.1, 0.15) is 24.8 Å². The molecule has 34 heavy (non-hydrogen) atoms. The number of phenols is 1. The van der Waals surface area contributed by atoms with Crippen LogP contribution in [0.25, 0.3) is 11.1 Å². The summed E-state index contributed by atoms with van der Waals surface area (Å²) in [6.07, 6.45) is 4.10. The van der Waals surface area contributed by atoms with Crippen LogP contribution in [0.2, 0.25) is 0 Å². The lowest BCUT2D eigenvalue weighted by molar-refractivity contribution is -0.134. The molecule has 3 aromatic rings. The van der Waals surface area contributed by atoms with E-state index in [9.17, 15) is 9.90 Å². The van der Waals surface area contributed by atoms with Gasteiger partial charge >= 0.3 is 0 Å². The van der Waals surface area contributed by atoms with Crippen molar-refractivity contribution in [2.75, 3.05) is 26.5 Å². The van der Waals surface area contributed by atoms with E-state index in [0.29, 0.717) is 28.9 Å². The number of carbonyl (C=O) groups excluding carboxylic acids is 1. The Balaban J connectivity index is 1.16. The third-order valence-electron chi connectivity index (χ3n) is 6.66. The molecule has 0 radical (unpaired) electrons. The molecule has 0 aliphatic carbocycles. The molecule has 1 saturated heterocycles. The summed E-state index contributed by atoms with van der Waals surface area (Å²) in [5.41, 5.74) is 3.12. The van der Waals surface area contributed by atoms with Crippen molar-refractivity contribution in [1.29, 1.82) is 0 Å². The van der Waals surface area contributed by atoms with Crippen LogP contribution >= 0.6 is 0 Å². The Hall–Kier alpha value is -3.67. The number of ether oxygens (including phenoxy) is 3. The van der Waals surface area contributed by atoms with Gasteiger partial charge in [0.25, 0.3) is 5.91 Å². The molecule has 0 saturated carbocycles. The van der Waals surface area contributed by atoms with Gasteiger partial charge in [-0.05, 0) is 60.9 Å². The van der Waals surface area contributed by atoms with Crippen molar-refractivity contribution in [3.63, 3.8) is 0 Å². The number of amides is 1. The third kappa shape index (κ3) is 5.11. The van der Waals surface area contributed by atoms with Crippen molar-refractivity contribution < 1.29 is 24.1 Å². The topological polar surface area (TPSA) is 68.2 Å². The molecule has 6 heteroatoms. The van der Waals surface area contributed by atoms with Crippen LogP contribution in [0, 0.1) is 5.92 Å². The molecular formula is C28H29NO5. The van der Waals surface area contributed by atoms with Crippen molar-refractivity contribution in [3.8, 4) is 34.1 Å². The van der Waals surface area contributed by atoms with E-state index in [4.69, 9.17) is 14.2 Å². The van der Waals surface area contributed by atoms with Gasteiger partial charge in [0.15, 0.2) is 18.1 Å². The van der Waals surface area contributed by atoms with E-state index in [0.717, 1.165) is 49.9 Å². The molecule has 2 heterocycles. The summed E-state index contributed by atoms with van der Waals surface area (Å²) in [5.74, 6) is 2.86. The van der Waals surface area contributed by atoms with E-state index < -0.39 is 0 Å². The highest BCUT2D eigenvalue weighted by molar-refractivity contribution is 5.79. The van der Waals surface area contributed by atoms with E-state index in [1.165, 1.54) is 5.56 Å². The molecule has 1 N–H and O–H groups in total. The molecule has 0 bridgehead atoms. The van der Waals surface area contributed by atoms with Crippen molar-refractivity contribution in [2.24, 2.45) is 5.92 Å². The number of nitrogens with zero attached hydrogens (tertiary/aromatic N) is 1. The second-order valence-electron chi connectivity index (χ2n) is 8.89. The van der Waals surface area contributed by atoms with E-state index in [1.54, 1.807) is 12.1 Å². The second kappa shape index (κ2) is 10.1. The van der Waals surface area contributed by atoms with Gasteiger partial charge in [-0.25, -0.2) is 0 Å². The van der Waals surface area contributed by atoms with Crippen molar-refractivity contribution in [3.05, 3.63) is 72.3 Å². The lowest BCUT2D eigenvalue weighted by Gasteiger charge is -2.32. The Morgan fingerprint density at radius 2 is 1.68 bits per heavy atom. The number of aryl methyl sites for hydroxylation is 1. The van der Waals surface area contributed by atoms with E-state index in [1.807, 2.05) is 59.5 Å². The largest absolute Gasteiger partial charge is 0.508 e. The molecule has 2 aliphatic rings. The number of benzene rings is 3. The summed E-state index contributed by atoms with van der Waals surface area (Å²) in [5, 5.41) is 9.43. The summed E-state index contributed by atoms with van der Waals surface area (Å²) in [7, 11) is 0. The maximum absolute atomic E-state index is 12.9. The van der Waals surface area contributed by atoms with Gasteiger partial charge in [0.1, 0.15) is 11.5 Å². The van der Waals surface area contributed by atoms with Gasteiger partial charge in [0.05, 0.1) is 0 Å². The summed E-state index contributed by atoms with van der Waals surface area (Å²) >= 11 is 0. The summed E-state index contributed by atoms with van der Waals surface area (Å²) in [6, 6.07) is 21.1. The molecule has 0 aromatic heterocycles. The van der Waals surface area contributed by atoms with Gasteiger partial charge < -0.3 is 24.2 Å². The first kappa shape index (κ1) is 22.1. The Morgan fingerprint density at radius 1 is 0.971 bits per heavy atom. The first-order valence-corrected chi connectivity index (χ1v) is 11.8. The molecule has 1 amide bonds. The van der Waals surface area contributed by atoms with Crippen LogP contribution in [0.4, 0.5) is 0 Å². The minimum atomic E-state index is -0.00233. The van der Waals surface area contributed by atoms with Gasteiger partial charge in [0, 0.05) is 24.7 Å². The molecular weight excluding hydrogens is 430 g/mol. The van der Waals surface area contributed by atoms with E-state index in [2.05, 4.69) is 0 Å². The quantitative estimate of drug-likeness (QED) is 0.536. The molecule has 176 valence electrons. The lowest BCUT2D eigenvalue weighted by Crippen LogP contribution is -2.41. The second-order valence-corrected chi connectivity index (χ2v) is 8.89. The van der Waals surface area contributed by atoms with E-state index >= 15 is 0 Å². The number of hydrogen-bond donors (Lipinski definition) is 1. The monoisotopic (exact) mass is 459 g/mol. The fourth-order valence-electron chi connectivity index (χ4n) is 4.62. The number of piperidine rings is 1. The smallest absolute Gasteiger partial charge is 0.260 e. The zero-order valence-electron chi connectivity index (χ0n) is 19.1. The zero-order chi connectivity index (χ0) is 23.3. The highest BCUT2D eigenvalue weighted by Gasteiger charge is 2.24. The van der Waals surface area contributed by atoms with Crippen LogP contribution in [0.3, 0.4) is 0 Å². The molecule has 1 fully saturated rings. The fraction of sp³-hybridized carbons (Fsp3) is 0.321. The number of fused-ring (bicyclic) bond motifs is 1. The average Bonchev–Trinajstić information content (AvgIpc) is 3.35. The summed E-state index contributed by atoms with van der Waals surface area (Å²) < 4.78 is 17.1. The van der Waals surface area contributed by atoms with Gasteiger partial charge in [-0.2, -0.15) is 0 Å². The van der Waals surface area contributed by atoms with Crippen LogP contribution in [-0.4, -0.2) is 42.4 Å². The van der Waals surface area contributed by atoms with Crippen LogP contribution in [0.5, 0.6) is 23.0 Å². The summed E-state index contributed by atoms with van der Waals surface area (Å²) in [6.45, 7) is 1.70. The number of aromatic hydroxyl groups is 1. The number of rotatable bonds is 7. The highest BCUT2D eigenvalue weighted by atomic mass is 16.7. The fourth-order valence-corrected chi connectivity index (χ4v) is 4.62. The Bertz CT molecular complexity index is 1120. The van der Waals surface area contributed by atoms with Crippen LogP contribution in [0.15, 0.2) is 66.7 Å². The Kier molecular flexibility index (Phi) is 6.56. The van der Waals surface area contributed by atoms with Crippen LogP contribution in [-0.2, 0) is 11.2 Å². The van der Waals surface area contributed by atoms with Gasteiger partial charge in [-0.1, -0.05) is 42.5 Å². The minimum absolute atomic E-state index is 0.00233. The zero-order valence-corrected chi connectivity index (χ0v) is 19.1. The predicted octanol–water partition coefficient (Wildman–Crippen LogP) is 5.04. The van der Waals surface area contributed by atoms with Crippen LogP contribution < -0.4 is 14.2 Å². The molecule has 0 unspecified atom stereocenters.